The number of nitrogens with two attached hydrogens (primary N) is 1. The van der Waals surface area contributed by atoms with E-state index in [0.29, 0.717) is 0 Å². The van der Waals surface area contributed by atoms with Gasteiger partial charge in [0.05, 0.1) is 16.6 Å². The van der Waals surface area contributed by atoms with Gasteiger partial charge in [0, 0.05) is 0 Å². The van der Waals surface area contributed by atoms with E-state index in [4.69, 9.17) is 5.73 Å². The number of anilines is 2. The smallest absolute Gasteiger partial charge is 0.329 e. The van der Waals surface area contributed by atoms with Crippen LogP contribution in [-0.2, 0) is 0 Å². The summed E-state index contributed by atoms with van der Waals surface area (Å²) in [6.45, 7) is 5.11. The number of rotatable bonds is 4. The van der Waals surface area contributed by atoms with E-state index in [1.54, 1.807) is 20.8 Å². The molecule has 0 bridgehead atoms. The minimum absolute atomic E-state index is 0.138. The fraction of sp³-hybridized carbons (Fsp3) is 0.556. The van der Waals surface area contributed by atoms with Crippen LogP contribution in [0, 0.1) is 10.1 Å². The van der Waals surface area contributed by atoms with Gasteiger partial charge in [0.2, 0.25) is 11.8 Å². The molecular formula is C9H15N5O3. The molecule has 0 aromatic carbocycles. The van der Waals surface area contributed by atoms with Crippen LogP contribution in [0.1, 0.15) is 20.8 Å². The molecule has 8 heteroatoms. The highest BCUT2D eigenvalue weighted by molar-refractivity contribution is 5.53. The number of aliphatic hydroxyl groups excluding tert-OH is 1. The summed E-state index contributed by atoms with van der Waals surface area (Å²) in [5, 5.41) is 22.9. The van der Waals surface area contributed by atoms with Gasteiger partial charge < -0.3 is 16.2 Å². The van der Waals surface area contributed by atoms with Crippen LogP contribution in [0.5, 0.6) is 0 Å². The first-order valence-electron chi connectivity index (χ1n) is 4.97. The molecule has 0 spiro atoms. The Morgan fingerprint density at radius 3 is 2.65 bits per heavy atom. The number of nitro groups is 1. The molecule has 1 aromatic rings. The van der Waals surface area contributed by atoms with Crippen LogP contribution in [0.25, 0.3) is 0 Å². The molecule has 17 heavy (non-hydrogen) atoms. The summed E-state index contributed by atoms with van der Waals surface area (Å²) in [4.78, 5) is 17.4. The first-order chi connectivity index (χ1) is 7.74. The van der Waals surface area contributed by atoms with E-state index in [1.165, 1.54) is 0 Å². The van der Waals surface area contributed by atoms with Crippen molar-refractivity contribution in [1.82, 2.24) is 9.97 Å². The fourth-order valence-electron chi connectivity index (χ4n) is 0.982. The standard InChI is InChI=1S/C9H15N5O3/c1-5(15)9(2,3)13-8-11-4-6(14(16)17)7(10)12-8/h4-5,15H,1-3H3,(H3,10,11,12,13)/t5-/m1/s1. The van der Waals surface area contributed by atoms with Gasteiger partial charge in [-0.3, -0.25) is 10.1 Å². The monoisotopic (exact) mass is 241 g/mol. The zero-order chi connectivity index (χ0) is 13.2. The average Bonchev–Trinajstić information content (AvgIpc) is 2.15. The molecule has 0 aliphatic carbocycles. The molecule has 0 radical (unpaired) electrons. The van der Waals surface area contributed by atoms with E-state index in [1.807, 2.05) is 0 Å². The van der Waals surface area contributed by atoms with Gasteiger partial charge in [-0.15, -0.1) is 0 Å². The minimum Gasteiger partial charge on any atom is -0.391 e. The summed E-state index contributed by atoms with van der Waals surface area (Å²) in [5.74, 6) is -0.0760. The molecule has 0 aliphatic rings. The molecule has 1 aromatic heterocycles. The number of aliphatic hydroxyl groups is 1. The lowest BCUT2D eigenvalue weighted by molar-refractivity contribution is -0.384. The van der Waals surface area contributed by atoms with Crippen molar-refractivity contribution in [1.29, 1.82) is 0 Å². The van der Waals surface area contributed by atoms with Gasteiger partial charge in [-0.05, 0) is 20.8 Å². The molecule has 0 aliphatic heterocycles. The number of hydrogen-bond acceptors (Lipinski definition) is 7. The van der Waals surface area contributed by atoms with Crippen molar-refractivity contribution in [3.63, 3.8) is 0 Å². The Balaban J connectivity index is 2.96. The van der Waals surface area contributed by atoms with Crippen molar-refractivity contribution in [2.75, 3.05) is 11.1 Å². The van der Waals surface area contributed by atoms with Crippen molar-refractivity contribution in [2.24, 2.45) is 0 Å². The lowest BCUT2D eigenvalue weighted by atomic mass is 9.99. The second-order valence-electron chi connectivity index (χ2n) is 4.24. The van der Waals surface area contributed by atoms with Crippen LogP contribution in [0.4, 0.5) is 17.5 Å². The maximum Gasteiger partial charge on any atom is 0.329 e. The van der Waals surface area contributed by atoms with Crippen LogP contribution in [0.3, 0.4) is 0 Å². The Morgan fingerprint density at radius 1 is 1.65 bits per heavy atom. The third-order valence-corrected chi connectivity index (χ3v) is 2.47. The van der Waals surface area contributed by atoms with E-state index in [0.717, 1.165) is 6.20 Å². The van der Waals surface area contributed by atoms with Crippen LogP contribution >= 0.6 is 0 Å². The van der Waals surface area contributed by atoms with Crippen LogP contribution in [0.15, 0.2) is 6.20 Å². The first-order valence-corrected chi connectivity index (χ1v) is 4.97. The topological polar surface area (TPSA) is 127 Å². The highest BCUT2D eigenvalue weighted by Crippen LogP contribution is 2.21. The van der Waals surface area contributed by atoms with E-state index >= 15 is 0 Å². The van der Waals surface area contributed by atoms with E-state index in [-0.39, 0.29) is 17.5 Å². The lowest BCUT2D eigenvalue weighted by Crippen LogP contribution is -2.42. The summed E-state index contributed by atoms with van der Waals surface area (Å²) < 4.78 is 0. The maximum absolute atomic E-state index is 10.5. The quantitative estimate of drug-likeness (QED) is 0.518. The molecule has 94 valence electrons. The highest BCUT2D eigenvalue weighted by Gasteiger charge is 2.25. The number of nitrogens with one attached hydrogen (secondary N) is 1. The van der Waals surface area contributed by atoms with Crippen LogP contribution in [-0.4, -0.2) is 31.6 Å². The van der Waals surface area contributed by atoms with Gasteiger partial charge >= 0.3 is 5.69 Å². The molecule has 1 heterocycles. The zero-order valence-electron chi connectivity index (χ0n) is 9.84. The first kappa shape index (κ1) is 13.1. The van der Waals surface area contributed by atoms with Gasteiger partial charge in [-0.2, -0.15) is 4.98 Å². The zero-order valence-corrected chi connectivity index (χ0v) is 9.84. The van der Waals surface area contributed by atoms with Crippen LogP contribution < -0.4 is 11.1 Å². The Morgan fingerprint density at radius 2 is 2.24 bits per heavy atom. The van der Waals surface area contributed by atoms with E-state index in [9.17, 15) is 15.2 Å². The Kier molecular flexibility index (Phi) is 3.47. The summed E-state index contributed by atoms with van der Waals surface area (Å²) in [7, 11) is 0. The van der Waals surface area contributed by atoms with Gasteiger partial charge in [0.25, 0.3) is 0 Å². The van der Waals surface area contributed by atoms with Crippen molar-refractivity contribution in [2.45, 2.75) is 32.4 Å². The Hall–Kier alpha value is -1.96. The summed E-state index contributed by atoms with van der Waals surface area (Å²) in [6, 6.07) is 0. The summed E-state index contributed by atoms with van der Waals surface area (Å²) in [5.41, 5.74) is 4.42. The van der Waals surface area contributed by atoms with Crippen LogP contribution in [0.2, 0.25) is 0 Å². The van der Waals surface area contributed by atoms with Crippen molar-refractivity contribution < 1.29 is 10.0 Å². The molecule has 1 atom stereocenters. The molecule has 8 nitrogen and oxygen atoms in total. The summed E-state index contributed by atoms with van der Waals surface area (Å²) in [6.07, 6.45) is 0.380. The SMILES string of the molecule is C[C@@H](O)C(C)(C)Nc1ncc([N+](=O)[O-])c(N)n1. The van der Waals surface area contributed by atoms with E-state index in [2.05, 4.69) is 15.3 Å². The lowest BCUT2D eigenvalue weighted by Gasteiger charge is -2.29. The molecule has 0 amide bonds. The number of hydrogen-bond donors (Lipinski definition) is 3. The maximum atomic E-state index is 10.5. The third-order valence-electron chi connectivity index (χ3n) is 2.47. The van der Waals surface area contributed by atoms with Crippen molar-refractivity contribution in [3.05, 3.63) is 16.3 Å². The van der Waals surface area contributed by atoms with Crippen molar-refractivity contribution >= 4 is 17.5 Å². The molecule has 1 rings (SSSR count). The Labute approximate surface area is 98.0 Å². The molecule has 0 unspecified atom stereocenters. The molecule has 4 N–H and O–H groups in total. The number of nitrogen functional groups attached to an aromatic ring is 1. The molecular weight excluding hydrogens is 226 g/mol. The molecule has 0 saturated carbocycles. The minimum atomic E-state index is -0.664. The fourth-order valence-corrected chi connectivity index (χ4v) is 0.982. The third kappa shape index (κ3) is 3.00. The van der Waals surface area contributed by atoms with E-state index < -0.39 is 16.6 Å². The largest absolute Gasteiger partial charge is 0.391 e. The highest BCUT2D eigenvalue weighted by atomic mass is 16.6. The molecule has 0 saturated heterocycles. The predicted octanol–water partition coefficient (Wildman–Crippen LogP) is 0.538. The second-order valence-corrected chi connectivity index (χ2v) is 4.24. The number of aromatic nitrogens is 2. The van der Waals surface area contributed by atoms with Gasteiger partial charge in [-0.25, -0.2) is 4.98 Å². The average molecular weight is 241 g/mol. The van der Waals surface area contributed by atoms with Gasteiger partial charge in [-0.1, -0.05) is 0 Å². The van der Waals surface area contributed by atoms with Crippen molar-refractivity contribution in [3.8, 4) is 0 Å². The second kappa shape index (κ2) is 4.50. The predicted molar refractivity (Wildman–Crippen MR) is 62.5 cm³/mol. The van der Waals surface area contributed by atoms with Gasteiger partial charge in [0.1, 0.15) is 6.20 Å². The van der Waals surface area contributed by atoms with Gasteiger partial charge in [0.15, 0.2) is 0 Å². The number of nitrogens with zero attached hydrogens (tertiary/aromatic N) is 3. The molecule has 0 fully saturated rings. The normalized spacial score (nSPS) is 13.2. The Bertz CT molecular complexity index is 433. The summed E-state index contributed by atoms with van der Waals surface area (Å²) >= 11 is 0.